The summed E-state index contributed by atoms with van der Waals surface area (Å²) in [4.78, 5) is 30.2. The lowest BCUT2D eigenvalue weighted by atomic mass is 10.1. The molecular formula is C25H22N2O3S. The van der Waals surface area contributed by atoms with E-state index in [2.05, 4.69) is 4.98 Å². The Morgan fingerprint density at radius 1 is 1.06 bits per heavy atom. The third kappa shape index (κ3) is 5.16. The fourth-order valence-electron chi connectivity index (χ4n) is 3.25. The molecule has 3 aromatic heterocycles. The molecule has 0 fully saturated rings. The van der Waals surface area contributed by atoms with E-state index in [-0.39, 0.29) is 11.3 Å². The predicted octanol–water partition coefficient (Wildman–Crippen LogP) is 5.00. The van der Waals surface area contributed by atoms with Crippen LogP contribution >= 0.6 is 11.3 Å². The van der Waals surface area contributed by atoms with Crippen molar-refractivity contribution in [3.63, 3.8) is 0 Å². The Bertz CT molecular complexity index is 1230. The molecule has 4 rings (SSSR count). The maximum atomic E-state index is 12.7. The number of Topliss-reactive ketones (excluding diaryl/α,β-unsaturated/α-hetero) is 1. The van der Waals surface area contributed by atoms with Gasteiger partial charge < -0.3 is 4.74 Å². The lowest BCUT2D eigenvalue weighted by Crippen LogP contribution is -2.15. The lowest BCUT2D eigenvalue weighted by molar-refractivity contribution is 0.0986. The number of carbonyl (C=O) groups excluding carboxylic acids is 1. The van der Waals surface area contributed by atoms with Gasteiger partial charge in [0.2, 0.25) is 0 Å². The maximum absolute atomic E-state index is 12.7. The SMILES string of the molecule is Cc1cc(-n2ccc(OCc3ccccc3)cc2=O)sc1C(=O)CCc1cccnc1. The Hall–Kier alpha value is -3.51. The smallest absolute Gasteiger partial charge is 0.259 e. The second kappa shape index (κ2) is 9.53. The van der Waals surface area contributed by atoms with Crippen molar-refractivity contribution in [1.29, 1.82) is 0 Å². The van der Waals surface area contributed by atoms with Gasteiger partial charge in [-0.15, -0.1) is 11.3 Å². The van der Waals surface area contributed by atoms with Gasteiger partial charge in [-0.05, 0) is 48.2 Å². The number of carbonyl (C=O) groups is 1. The van der Waals surface area contributed by atoms with Crippen LogP contribution in [-0.2, 0) is 13.0 Å². The van der Waals surface area contributed by atoms with E-state index in [1.165, 1.54) is 17.4 Å². The van der Waals surface area contributed by atoms with Gasteiger partial charge in [-0.2, -0.15) is 0 Å². The first-order chi connectivity index (χ1) is 15.1. The molecule has 0 aliphatic carbocycles. The van der Waals surface area contributed by atoms with Crippen LogP contribution in [0.25, 0.3) is 5.00 Å². The summed E-state index contributed by atoms with van der Waals surface area (Å²) in [5, 5.41) is 0.724. The first-order valence-corrected chi connectivity index (χ1v) is 10.8. The van der Waals surface area contributed by atoms with Crippen LogP contribution in [-0.4, -0.2) is 15.3 Å². The fourth-order valence-corrected chi connectivity index (χ4v) is 4.38. The molecule has 31 heavy (non-hydrogen) atoms. The standard InChI is InChI=1S/C25H22N2O3S/c1-18-14-24(31-25(18)22(28)10-9-19-8-5-12-26-16-19)27-13-11-21(15-23(27)29)30-17-20-6-3-2-4-7-20/h2-8,11-16H,9-10,17H2,1H3. The summed E-state index contributed by atoms with van der Waals surface area (Å²) in [6.45, 7) is 2.30. The number of aryl methyl sites for hydroxylation is 2. The molecule has 0 spiro atoms. The number of ether oxygens (including phenoxy) is 1. The molecule has 0 saturated carbocycles. The van der Waals surface area contributed by atoms with Gasteiger partial charge in [0.05, 0.1) is 4.88 Å². The van der Waals surface area contributed by atoms with Gasteiger partial charge in [0.25, 0.3) is 5.56 Å². The van der Waals surface area contributed by atoms with Gasteiger partial charge in [0, 0.05) is 31.1 Å². The van der Waals surface area contributed by atoms with E-state index in [1.807, 2.05) is 55.5 Å². The third-order valence-electron chi connectivity index (χ3n) is 4.90. The summed E-state index contributed by atoms with van der Waals surface area (Å²) in [6.07, 6.45) is 6.25. The van der Waals surface area contributed by atoms with Gasteiger partial charge in [-0.25, -0.2) is 0 Å². The molecule has 5 nitrogen and oxygen atoms in total. The van der Waals surface area contributed by atoms with Crippen LogP contribution in [0, 0.1) is 6.92 Å². The minimum absolute atomic E-state index is 0.0773. The molecule has 1 aromatic carbocycles. The first-order valence-electron chi connectivity index (χ1n) is 10.0. The van der Waals surface area contributed by atoms with Crippen molar-refractivity contribution in [1.82, 2.24) is 9.55 Å². The van der Waals surface area contributed by atoms with Crippen LogP contribution in [0.15, 0.2) is 84.0 Å². The topological polar surface area (TPSA) is 61.2 Å². The van der Waals surface area contributed by atoms with Crippen molar-refractivity contribution in [2.45, 2.75) is 26.4 Å². The molecular weight excluding hydrogens is 408 g/mol. The monoisotopic (exact) mass is 430 g/mol. The molecule has 0 saturated heterocycles. The van der Waals surface area contributed by atoms with Crippen LogP contribution in [0.3, 0.4) is 0 Å². The van der Waals surface area contributed by atoms with Gasteiger partial charge in [0.1, 0.15) is 17.4 Å². The maximum Gasteiger partial charge on any atom is 0.259 e. The third-order valence-corrected chi connectivity index (χ3v) is 6.18. The van der Waals surface area contributed by atoms with Gasteiger partial charge >= 0.3 is 0 Å². The highest BCUT2D eigenvalue weighted by atomic mass is 32.1. The number of benzene rings is 1. The number of aromatic nitrogens is 2. The summed E-state index contributed by atoms with van der Waals surface area (Å²) in [5.41, 5.74) is 2.76. The molecule has 0 unspecified atom stereocenters. The second-order valence-electron chi connectivity index (χ2n) is 7.23. The van der Waals surface area contributed by atoms with Crippen LogP contribution in [0.4, 0.5) is 0 Å². The Morgan fingerprint density at radius 3 is 2.61 bits per heavy atom. The van der Waals surface area contributed by atoms with Crippen molar-refractivity contribution >= 4 is 17.1 Å². The molecule has 0 aliphatic rings. The molecule has 0 amide bonds. The van der Waals surface area contributed by atoms with Crippen LogP contribution in [0.5, 0.6) is 5.75 Å². The summed E-state index contributed by atoms with van der Waals surface area (Å²) in [7, 11) is 0. The van der Waals surface area contributed by atoms with Crippen LogP contribution in [0.2, 0.25) is 0 Å². The molecule has 0 bridgehead atoms. The van der Waals surface area contributed by atoms with E-state index >= 15 is 0 Å². The number of hydrogen-bond donors (Lipinski definition) is 0. The number of ketones is 1. The molecule has 0 radical (unpaired) electrons. The van der Waals surface area contributed by atoms with Crippen molar-refractivity contribution in [3.8, 4) is 10.8 Å². The zero-order valence-electron chi connectivity index (χ0n) is 17.2. The highest BCUT2D eigenvalue weighted by molar-refractivity contribution is 7.16. The molecule has 4 aromatic rings. The van der Waals surface area contributed by atoms with Crippen LogP contribution < -0.4 is 10.3 Å². The molecule has 3 heterocycles. The Morgan fingerprint density at radius 2 is 1.87 bits per heavy atom. The molecule has 0 aliphatic heterocycles. The van der Waals surface area contributed by atoms with Gasteiger partial charge in [-0.3, -0.25) is 19.1 Å². The summed E-state index contributed by atoms with van der Waals surface area (Å²) in [6, 6.07) is 18.8. The average molecular weight is 431 g/mol. The first kappa shape index (κ1) is 20.8. The molecule has 0 N–H and O–H groups in total. The summed E-state index contributed by atoms with van der Waals surface area (Å²) in [5.74, 6) is 0.597. The van der Waals surface area contributed by atoms with Crippen molar-refractivity contribution < 1.29 is 9.53 Å². The molecule has 6 heteroatoms. The van der Waals surface area contributed by atoms with Crippen molar-refractivity contribution in [2.24, 2.45) is 0 Å². The van der Waals surface area contributed by atoms with Crippen LogP contribution in [0.1, 0.15) is 32.8 Å². The summed E-state index contributed by atoms with van der Waals surface area (Å²) >= 11 is 1.34. The van der Waals surface area contributed by atoms with E-state index in [1.54, 1.807) is 29.2 Å². The van der Waals surface area contributed by atoms with Gasteiger partial charge in [-0.1, -0.05) is 36.4 Å². The van der Waals surface area contributed by atoms with E-state index in [4.69, 9.17) is 4.74 Å². The van der Waals surface area contributed by atoms with E-state index in [9.17, 15) is 9.59 Å². The number of nitrogens with zero attached hydrogens (tertiary/aromatic N) is 2. The van der Waals surface area contributed by atoms with E-state index in [0.29, 0.717) is 30.1 Å². The Kier molecular flexibility index (Phi) is 6.38. The normalized spacial score (nSPS) is 10.7. The fraction of sp³-hybridized carbons (Fsp3) is 0.160. The quantitative estimate of drug-likeness (QED) is 0.369. The largest absolute Gasteiger partial charge is 0.489 e. The highest BCUT2D eigenvalue weighted by Gasteiger charge is 2.15. The predicted molar refractivity (Wildman–Crippen MR) is 122 cm³/mol. The minimum atomic E-state index is -0.193. The zero-order chi connectivity index (χ0) is 21.6. The summed E-state index contributed by atoms with van der Waals surface area (Å²) < 4.78 is 7.28. The number of thiophene rings is 1. The van der Waals surface area contributed by atoms with Gasteiger partial charge in [0.15, 0.2) is 5.78 Å². The average Bonchev–Trinajstić information content (AvgIpc) is 3.19. The van der Waals surface area contributed by atoms with E-state index in [0.717, 1.165) is 21.7 Å². The highest BCUT2D eigenvalue weighted by Crippen LogP contribution is 2.26. The zero-order valence-corrected chi connectivity index (χ0v) is 18.0. The Balaban J connectivity index is 1.46. The van der Waals surface area contributed by atoms with E-state index < -0.39 is 0 Å². The van der Waals surface area contributed by atoms with Crippen molar-refractivity contribution in [3.05, 3.63) is 111 Å². The number of hydrogen-bond acceptors (Lipinski definition) is 5. The van der Waals surface area contributed by atoms with Crippen molar-refractivity contribution in [2.75, 3.05) is 0 Å². The second-order valence-corrected chi connectivity index (χ2v) is 8.26. The Labute approximate surface area is 184 Å². The lowest BCUT2D eigenvalue weighted by Gasteiger charge is -2.07. The minimum Gasteiger partial charge on any atom is -0.489 e. The number of pyridine rings is 2. The molecule has 156 valence electrons. The molecule has 0 atom stereocenters. The number of rotatable bonds is 8.